The highest BCUT2D eigenvalue weighted by Crippen LogP contribution is 2.39. The predicted octanol–water partition coefficient (Wildman–Crippen LogP) is 4.98. The maximum absolute atomic E-state index is 11.1. The molecule has 0 aliphatic heterocycles. The first kappa shape index (κ1) is 17.2. The zero-order valence-electron chi connectivity index (χ0n) is 16.0. The van der Waals surface area contributed by atoms with E-state index in [1.165, 1.54) is 47.1 Å². The van der Waals surface area contributed by atoms with Crippen LogP contribution in [-0.2, 0) is 38.5 Å². The molecule has 4 aliphatic rings. The third-order valence-corrected chi connectivity index (χ3v) is 6.49. The molecule has 0 aromatic heterocycles. The van der Waals surface area contributed by atoms with Crippen molar-refractivity contribution in [1.29, 1.82) is 0 Å². The molecule has 0 fully saturated rings. The lowest BCUT2D eigenvalue weighted by Crippen LogP contribution is -1.99. The monoisotopic (exact) mass is 372 g/mol. The molecule has 0 radical (unpaired) electrons. The fourth-order valence-electron chi connectivity index (χ4n) is 5.19. The molecule has 0 bridgehead atoms. The van der Waals surface area contributed by atoms with Crippen LogP contribution in [0.1, 0.15) is 57.3 Å². The quantitative estimate of drug-likeness (QED) is 0.436. The number of nitro benzene ring substituents is 1. The lowest BCUT2D eigenvalue weighted by atomic mass is 9.99. The molecule has 0 amide bonds. The topological polar surface area (TPSA) is 69.2 Å². The van der Waals surface area contributed by atoms with Crippen molar-refractivity contribution >= 4 is 23.5 Å². The normalized spacial score (nSPS) is 17.0. The summed E-state index contributed by atoms with van der Waals surface area (Å²) in [7, 11) is 0. The van der Waals surface area contributed by atoms with Crippen LogP contribution in [0.15, 0.2) is 24.3 Å². The van der Waals surface area contributed by atoms with Crippen molar-refractivity contribution < 1.29 is 4.92 Å². The Hall–Kier alpha value is -2.88. The molecule has 4 heteroatoms. The van der Waals surface area contributed by atoms with Crippen molar-refractivity contribution in [2.75, 3.05) is 5.73 Å². The van der Waals surface area contributed by atoms with E-state index in [0.29, 0.717) is 5.69 Å². The molecule has 0 unspecified atom stereocenters. The maximum atomic E-state index is 11.1. The minimum absolute atomic E-state index is 0.210. The molecule has 2 aromatic carbocycles. The van der Waals surface area contributed by atoms with E-state index >= 15 is 0 Å². The molecular formula is C24H24N2O2. The smallest absolute Gasteiger partial charge is 0.280 e. The van der Waals surface area contributed by atoms with Crippen LogP contribution in [0.3, 0.4) is 0 Å². The number of rotatable bonds is 1. The number of nitrogens with two attached hydrogens (primary N) is 1. The molecule has 28 heavy (non-hydrogen) atoms. The second-order valence-electron chi connectivity index (χ2n) is 8.11. The van der Waals surface area contributed by atoms with Crippen molar-refractivity contribution in [3.8, 4) is 0 Å². The van der Waals surface area contributed by atoms with Crippen LogP contribution in [-0.4, -0.2) is 4.92 Å². The van der Waals surface area contributed by atoms with Crippen molar-refractivity contribution in [2.24, 2.45) is 0 Å². The number of nitrogens with zero attached hydrogens (tertiary/aromatic N) is 1. The zero-order valence-corrected chi connectivity index (χ0v) is 16.0. The molecule has 0 saturated heterocycles. The Morgan fingerprint density at radius 1 is 0.786 bits per heavy atom. The Bertz CT molecular complexity index is 1060. The van der Waals surface area contributed by atoms with E-state index < -0.39 is 0 Å². The van der Waals surface area contributed by atoms with Gasteiger partial charge in [0.1, 0.15) is 0 Å². The second-order valence-corrected chi connectivity index (χ2v) is 8.11. The van der Waals surface area contributed by atoms with Gasteiger partial charge in [0.2, 0.25) is 0 Å². The van der Waals surface area contributed by atoms with Crippen molar-refractivity contribution in [3.05, 3.63) is 78.9 Å². The molecule has 142 valence electrons. The van der Waals surface area contributed by atoms with Crippen LogP contribution < -0.4 is 5.73 Å². The Labute approximate surface area is 164 Å². The van der Waals surface area contributed by atoms with E-state index in [1.54, 1.807) is 0 Å². The number of hydrogen-bond acceptors (Lipinski definition) is 3. The predicted molar refractivity (Wildman–Crippen MR) is 113 cm³/mol. The van der Waals surface area contributed by atoms with Crippen LogP contribution in [0, 0.1) is 10.1 Å². The maximum Gasteiger partial charge on any atom is 0.280 e. The fourth-order valence-corrected chi connectivity index (χ4v) is 5.19. The van der Waals surface area contributed by atoms with Crippen LogP contribution >= 0.6 is 0 Å². The summed E-state index contributed by atoms with van der Waals surface area (Å²) in [5.74, 6) is 0. The molecule has 0 saturated carbocycles. The first-order valence-electron chi connectivity index (χ1n) is 10.2. The highest BCUT2D eigenvalue weighted by atomic mass is 16.6. The summed E-state index contributed by atoms with van der Waals surface area (Å²) in [6.07, 6.45) is 16.8. The fraction of sp³-hybridized carbons (Fsp3) is 0.333. The standard InChI is InChI=1S/C12H11NO2.C12H13N/c14-13(15)12-10-5-1-3-8(10)7-9-4-2-6-11(9)12;13-12-10-5-1-3-8(10)7-9-4-2-6-11(9)12/h1,5,7H,2-4,6H2;1,5,7H,2-4,6,13H2. The third-order valence-electron chi connectivity index (χ3n) is 6.49. The van der Waals surface area contributed by atoms with E-state index in [4.69, 9.17) is 5.73 Å². The summed E-state index contributed by atoms with van der Waals surface area (Å²) in [4.78, 5) is 10.9. The van der Waals surface area contributed by atoms with E-state index in [-0.39, 0.29) is 4.92 Å². The van der Waals surface area contributed by atoms with Gasteiger partial charge in [0.25, 0.3) is 5.69 Å². The van der Waals surface area contributed by atoms with Gasteiger partial charge in [-0.15, -0.1) is 0 Å². The van der Waals surface area contributed by atoms with Crippen LogP contribution in [0.2, 0.25) is 0 Å². The van der Waals surface area contributed by atoms with Gasteiger partial charge in [-0.2, -0.15) is 0 Å². The minimum Gasteiger partial charge on any atom is -0.398 e. The van der Waals surface area contributed by atoms with Gasteiger partial charge in [-0.1, -0.05) is 36.4 Å². The summed E-state index contributed by atoms with van der Waals surface area (Å²) in [5, 5.41) is 11.1. The lowest BCUT2D eigenvalue weighted by molar-refractivity contribution is -0.385. The van der Waals surface area contributed by atoms with Gasteiger partial charge < -0.3 is 5.73 Å². The van der Waals surface area contributed by atoms with E-state index in [1.807, 2.05) is 12.2 Å². The Kier molecular flexibility index (Phi) is 4.08. The highest BCUT2D eigenvalue weighted by molar-refractivity contribution is 5.76. The average molecular weight is 372 g/mol. The lowest BCUT2D eigenvalue weighted by Gasteiger charge is -2.09. The summed E-state index contributed by atoms with van der Waals surface area (Å²) < 4.78 is 0. The molecule has 4 aliphatic carbocycles. The number of aryl methyl sites for hydroxylation is 2. The van der Waals surface area contributed by atoms with E-state index in [0.717, 1.165) is 54.5 Å². The number of allylic oxidation sites excluding steroid dienone is 2. The first-order valence-corrected chi connectivity index (χ1v) is 10.2. The minimum atomic E-state index is -0.210. The number of nitrogen functional groups attached to an aromatic ring is 1. The van der Waals surface area contributed by atoms with Crippen molar-refractivity contribution in [3.63, 3.8) is 0 Å². The summed E-state index contributed by atoms with van der Waals surface area (Å²) >= 11 is 0. The van der Waals surface area contributed by atoms with E-state index in [2.05, 4.69) is 24.3 Å². The molecule has 0 atom stereocenters. The van der Waals surface area contributed by atoms with Gasteiger partial charge >= 0.3 is 0 Å². The third kappa shape index (κ3) is 2.67. The SMILES string of the molecule is Nc1c2c(cc3c1CCC3)CC=C2.O=[N+]([O-])c1c2c(cc3c1CCC3)CC=C2. The molecular weight excluding hydrogens is 348 g/mol. The number of nitro groups is 1. The summed E-state index contributed by atoms with van der Waals surface area (Å²) in [6, 6.07) is 4.51. The van der Waals surface area contributed by atoms with Gasteiger partial charge in [-0.3, -0.25) is 10.1 Å². The first-order chi connectivity index (χ1) is 13.6. The van der Waals surface area contributed by atoms with Crippen LogP contribution in [0.4, 0.5) is 11.4 Å². The molecule has 2 aromatic rings. The molecule has 4 nitrogen and oxygen atoms in total. The van der Waals surface area contributed by atoms with Gasteiger partial charge in [0.05, 0.1) is 10.5 Å². The summed E-state index contributed by atoms with van der Waals surface area (Å²) in [5.41, 5.74) is 17.4. The molecule has 6 rings (SSSR count). The average Bonchev–Trinajstić information content (AvgIpc) is 3.45. The number of anilines is 1. The van der Waals surface area contributed by atoms with E-state index in [9.17, 15) is 10.1 Å². The number of hydrogen-bond donors (Lipinski definition) is 1. The molecule has 0 spiro atoms. The van der Waals surface area contributed by atoms with Crippen molar-refractivity contribution in [2.45, 2.75) is 51.4 Å². The second kappa shape index (κ2) is 6.62. The van der Waals surface area contributed by atoms with Crippen molar-refractivity contribution in [1.82, 2.24) is 0 Å². The van der Waals surface area contributed by atoms with Gasteiger partial charge in [0, 0.05) is 16.8 Å². The van der Waals surface area contributed by atoms with Crippen LogP contribution in [0.5, 0.6) is 0 Å². The highest BCUT2D eigenvalue weighted by Gasteiger charge is 2.28. The number of benzene rings is 2. The zero-order chi connectivity index (χ0) is 19.3. The van der Waals surface area contributed by atoms with Crippen LogP contribution in [0.25, 0.3) is 12.2 Å². The van der Waals surface area contributed by atoms with Gasteiger partial charge in [-0.25, -0.2) is 0 Å². The Balaban J connectivity index is 0.000000123. The largest absolute Gasteiger partial charge is 0.398 e. The van der Waals surface area contributed by atoms with Gasteiger partial charge in [0.15, 0.2) is 0 Å². The van der Waals surface area contributed by atoms with Gasteiger partial charge in [-0.05, 0) is 79.2 Å². The molecule has 0 heterocycles. The number of fused-ring (bicyclic) bond motifs is 4. The molecule has 2 N–H and O–H groups in total. The summed E-state index contributed by atoms with van der Waals surface area (Å²) in [6.45, 7) is 0. The Morgan fingerprint density at radius 2 is 1.36 bits per heavy atom. The Morgan fingerprint density at radius 3 is 2.04 bits per heavy atom.